The second-order valence-electron chi connectivity index (χ2n) is 4.51. The van der Waals surface area contributed by atoms with Crippen LogP contribution in [0, 0.1) is 12.8 Å². The number of hydrogen-bond acceptors (Lipinski definition) is 3. The molecule has 0 saturated heterocycles. The zero-order valence-electron chi connectivity index (χ0n) is 9.73. The van der Waals surface area contributed by atoms with Crippen LogP contribution in [0.4, 0.5) is 5.82 Å². The van der Waals surface area contributed by atoms with Gasteiger partial charge in [0.2, 0.25) is 0 Å². The normalized spacial score (nSPS) is 14.9. The average Bonchev–Trinajstić information content (AvgIpc) is 3.00. The second kappa shape index (κ2) is 4.37. The molecule has 0 bridgehead atoms. The summed E-state index contributed by atoms with van der Waals surface area (Å²) < 4.78 is 0. The lowest BCUT2D eigenvalue weighted by Gasteiger charge is -2.21. The molecule has 2 rings (SSSR count). The lowest BCUT2D eigenvalue weighted by molar-refractivity contribution is 0.776. The molecule has 16 heavy (non-hydrogen) atoms. The Balaban J connectivity index is 2.30. The summed E-state index contributed by atoms with van der Waals surface area (Å²) >= 11 is 5.10. The number of nitrogens with two attached hydrogens (primary N) is 1. The van der Waals surface area contributed by atoms with Gasteiger partial charge < -0.3 is 10.6 Å². The molecule has 0 amide bonds. The fraction of sp³-hybridized carbons (Fsp3) is 0.500. The zero-order chi connectivity index (χ0) is 11.7. The molecule has 86 valence electrons. The predicted molar refractivity (Wildman–Crippen MR) is 70.9 cm³/mol. The lowest BCUT2D eigenvalue weighted by atomic mass is 10.1. The largest absolute Gasteiger partial charge is 0.389 e. The van der Waals surface area contributed by atoms with Crippen molar-refractivity contribution in [2.24, 2.45) is 11.7 Å². The Hall–Kier alpha value is -1.16. The molecule has 0 aromatic carbocycles. The number of nitrogens with zero attached hydrogens (tertiary/aromatic N) is 2. The third-order valence-corrected chi connectivity index (χ3v) is 3.18. The average molecular weight is 235 g/mol. The molecule has 1 fully saturated rings. The first kappa shape index (κ1) is 11.3. The Labute approximate surface area is 102 Å². The van der Waals surface area contributed by atoms with Crippen molar-refractivity contribution in [3.63, 3.8) is 0 Å². The number of aromatic nitrogens is 1. The highest BCUT2D eigenvalue weighted by Gasteiger charge is 2.24. The Morgan fingerprint density at radius 1 is 1.62 bits per heavy atom. The summed E-state index contributed by atoms with van der Waals surface area (Å²) in [5.74, 6) is 1.74. The maximum Gasteiger partial charge on any atom is 0.138 e. The van der Waals surface area contributed by atoms with Crippen LogP contribution in [0.2, 0.25) is 0 Å². The number of rotatable bonds is 4. The van der Waals surface area contributed by atoms with Crippen molar-refractivity contribution < 1.29 is 0 Å². The summed E-state index contributed by atoms with van der Waals surface area (Å²) in [6, 6.07) is 1.95. The summed E-state index contributed by atoms with van der Waals surface area (Å²) in [5, 5.41) is 0. The molecule has 1 aromatic rings. The number of pyridine rings is 1. The van der Waals surface area contributed by atoms with Crippen LogP contribution >= 0.6 is 12.2 Å². The molecule has 2 N–H and O–H groups in total. The molecule has 1 heterocycles. The minimum Gasteiger partial charge on any atom is -0.389 e. The molecule has 4 heteroatoms. The summed E-state index contributed by atoms with van der Waals surface area (Å²) in [4.78, 5) is 7.00. The molecule has 3 nitrogen and oxygen atoms in total. The third-order valence-electron chi connectivity index (χ3n) is 2.98. The molecule has 1 aliphatic rings. The van der Waals surface area contributed by atoms with Crippen LogP contribution in [-0.4, -0.2) is 23.6 Å². The molecular weight excluding hydrogens is 218 g/mol. The topological polar surface area (TPSA) is 42.2 Å². The highest BCUT2D eigenvalue weighted by molar-refractivity contribution is 7.80. The van der Waals surface area contributed by atoms with Gasteiger partial charge in [0, 0.05) is 19.8 Å². The van der Waals surface area contributed by atoms with Crippen molar-refractivity contribution in [3.05, 3.63) is 23.4 Å². The van der Waals surface area contributed by atoms with Gasteiger partial charge in [0.15, 0.2) is 0 Å². The van der Waals surface area contributed by atoms with Gasteiger partial charge in [-0.2, -0.15) is 0 Å². The Morgan fingerprint density at radius 3 is 2.88 bits per heavy atom. The van der Waals surface area contributed by atoms with E-state index >= 15 is 0 Å². The summed E-state index contributed by atoms with van der Waals surface area (Å²) in [6.07, 6.45) is 4.48. The van der Waals surface area contributed by atoms with Gasteiger partial charge in [-0.1, -0.05) is 12.2 Å². The second-order valence-corrected chi connectivity index (χ2v) is 4.95. The van der Waals surface area contributed by atoms with Gasteiger partial charge >= 0.3 is 0 Å². The highest BCUT2D eigenvalue weighted by Crippen LogP contribution is 2.31. The number of anilines is 1. The smallest absolute Gasteiger partial charge is 0.138 e. The van der Waals surface area contributed by atoms with E-state index in [2.05, 4.69) is 16.9 Å². The quantitative estimate of drug-likeness (QED) is 0.809. The Bertz CT molecular complexity index is 413. The van der Waals surface area contributed by atoms with Gasteiger partial charge in [0.1, 0.15) is 10.8 Å². The maximum absolute atomic E-state index is 5.76. The fourth-order valence-electron chi connectivity index (χ4n) is 1.91. The van der Waals surface area contributed by atoms with Crippen molar-refractivity contribution in [3.8, 4) is 0 Å². The predicted octanol–water partition coefficient (Wildman–Crippen LogP) is 1.87. The summed E-state index contributed by atoms with van der Waals surface area (Å²) in [5.41, 5.74) is 7.78. The van der Waals surface area contributed by atoms with Gasteiger partial charge in [0.05, 0.1) is 5.56 Å². The van der Waals surface area contributed by atoms with Gasteiger partial charge in [-0.25, -0.2) is 4.98 Å². The first-order valence-corrected chi connectivity index (χ1v) is 5.97. The molecule has 1 aromatic heterocycles. The molecule has 0 radical (unpaired) electrons. The minimum absolute atomic E-state index is 0.434. The van der Waals surface area contributed by atoms with E-state index in [-0.39, 0.29) is 0 Å². The SMILES string of the molecule is Cc1ccnc(N(C)CC2CC2)c1C(N)=S. The molecule has 1 saturated carbocycles. The van der Waals surface area contributed by atoms with E-state index in [0.29, 0.717) is 4.99 Å². The van der Waals surface area contributed by atoms with Crippen LogP contribution in [0.1, 0.15) is 24.0 Å². The molecule has 0 unspecified atom stereocenters. The monoisotopic (exact) mass is 235 g/mol. The number of hydrogen-bond donors (Lipinski definition) is 1. The van der Waals surface area contributed by atoms with E-state index in [0.717, 1.165) is 29.4 Å². The Morgan fingerprint density at radius 2 is 2.31 bits per heavy atom. The highest BCUT2D eigenvalue weighted by atomic mass is 32.1. The van der Waals surface area contributed by atoms with E-state index in [1.807, 2.05) is 19.2 Å². The third kappa shape index (κ3) is 2.32. The van der Waals surface area contributed by atoms with Crippen LogP contribution in [0.5, 0.6) is 0 Å². The zero-order valence-corrected chi connectivity index (χ0v) is 10.5. The van der Waals surface area contributed by atoms with Crippen molar-refractivity contribution in [2.45, 2.75) is 19.8 Å². The first-order valence-electron chi connectivity index (χ1n) is 5.56. The van der Waals surface area contributed by atoms with E-state index in [4.69, 9.17) is 18.0 Å². The Kier molecular flexibility index (Phi) is 3.10. The number of aryl methyl sites for hydroxylation is 1. The van der Waals surface area contributed by atoms with Crippen LogP contribution < -0.4 is 10.6 Å². The van der Waals surface area contributed by atoms with Gasteiger partial charge in [-0.15, -0.1) is 0 Å². The fourth-order valence-corrected chi connectivity index (χ4v) is 2.16. The van der Waals surface area contributed by atoms with Crippen molar-refractivity contribution in [1.82, 2.24) is 4.98 Å². The molecule has 0 atom stereocenters. The summed E-state index contributed by atoms with van der Waals surface area (Å²) in [7, 11) is 2.06. The number of thiocarbonyl (C=S) groups is 1. The molecule has 1 aliphatic carbocycles. The standard InChI is InChI=1S/C12H17N3S/c1-8-5-6-14-12(10(8)11(13)16)15(2)7-9-3-4-9/h5-6,9H,3-4,7H2,1-2H3,(H2,13,16). The van der Waals surface area contributed by atoms with E-state index in [9.17, 15) is 0 Å². The van der Waals surface area contributed by atoms with Gasteiger partial charge in [-0.05, 0) is 37.3 Å². The van der Waals surface area contributed by atoms with Crippen LogP contribution in [0.25, 0.3) is 0 Å². The van der Waals surface area contributed by atoms with Crippen LogP contribution in [-0.2, 0) is 0 Å². The van der Waals surface area contributed by atoms with Crippen molar-refractivity contribution >= 4 is 23.0 Å². The summed E-state index contributed by atoms with van der Waals surface area (Å²) in [6.45, 7) is 3.07. The minimum atomic E-state index is 0.434. The van der Waals surface area contributed by atoms with Crippen LogP contribution in [0.15, 0.2) is 12.3 Å². The van der Waals surface area contributed by atoms with E-state index < -0.39 is 0 Å². The lowest BCUT2D eigenvalue weighted by Crippen LogP contribution is -2.25. The molecular formula is C12H17N3S. The maximum atomic E-state index is 5.76. The first-order chi connectivity index (χ1) is 7.59. The van der Waals surface area contributed by atoms with Gasteiger partial charge in [0.25, 0.3) is 0 Å². The molecule has 0 spiro atoms. The van der Waals surface area contributed by atoms with Crippen molar-refractivity contribution in [2.75, 3.05) is 18.5 Å². The van der Waals surface area contributed by atoms with Crippen LogP contribution in [0.3, 0.4) is 0 Å². The molecule has 0 aliphatic heterocycles. The van der Waals surface area contributed by atoms with E-state index in [1.165, 1.54) is 12.8 Å². The van der Waals surface area contributed by atoms with Gasteiger partial charge in [-0.3, -0.25) is 0 Å². The van der Waals surface area contributed by atoms with Crippen molar-refractivity contribution in [1.29, 1.82) is 0 Å². The van der Waals surface area contributed by atoms with E-state index in [1.54, 1.807) is 0 Å².